The number of carbonyl (C=O) groups is 1. The van der Waals surface area contributed by atoms with Crippen molar-refractivity contribution in [1.29, 1.82) is 0 Å². The summed E-state index contributed by atoms with van der Waals surface area (Å²) in [6, 6.07) is 5.06. The van der Waals surface area contributed by atoms with E-state index in [2.05, 4.69) is 5.32 Å². The second-order valence-corrected chi connectivity index (χ2v) is 4.84. The number of hydrogen-bond acceptors (Lipinski definition) is 4. The number of fused-ring (bicyclic) bond motifs is 1. The van der Waals surface area contributed by atoms with E-state index in [9.17, 15) is 4.79 Å². The van der Waals surface area contributed by atoms with Gasteiger partial charge in [0.2, 0.25) is 6.79 Å². The van der Waals surface area contributed by atoms with Crippen molar-refractivity contribution >= 4 is 23.1 Å². The highest BCUT2D eigenvalue weighted by Gasteiger charge is 2.18. The number of benzene rings is 1. The second kappa shape index (κ2) is 5.88. The van der Waals surface area contributed by atoms with Crippen LogP contribution in [0.5, 0.6) is 11.5 Å². The van der Waals surface area contributed by atoms with Gasteiger partial charge < -0.3 is 20.5 Å². The summed E-state index contributed by atoms with van der Waals surface area (Å²) < 4.78 is 10.4. The fourth-order valence-corrected chi connectivity index (χ4v) is 2.05. The molecule has 1 aliphatic rings. The van der Waals surface area contributed by atoms with Crippen molar-refractivity contribution in [3.8, 4) is 11.5 Å². The monoisotopic (exact) mass is 280 g/mol. The highest BCUT2D eigenvalue weighted by atomic mass is 32.1. The van der Waals surface area contributed by atoms with Gasteiger partial charge in [-0.25, -0.2) is 0 Å². The van der Waals surface area contributed by atoms with Crippen molar-refractivity contribution < 1.29 is 14.3 Å². The number of ether oxygens (including phenoxy) is 2. The van der Waals surface area contributed by atoms with Crippen molar-refractivity contribution in [3.63, 3.8) is 0 Å². The molecule has 102 valence electrons. The van der Waals surface area contributed by atoms with Crippen LogP contribution in [0.1, 0.15) is 30.1 Å². The first-order valence-corrected chi connectivity index (χ1v) is 6.49. The third-order valence-corrected chi connectivity index (χ3v) is 3.08. The predicted molar refractivity (Wildman–Crippen MR) is 75.5 cm³/mol. The van der Waals surface area contributed by atoms with Crippen LogP contribution in [-0.2, 0) is 0 Å². The van der Waals surface area contributed by atoms with Crippen LogP contribution < -0.4 is 20.5 Å². The number of hydrogen-bond donors (Lipinski definition) is 2. The maximum absolute atomic E-state index is 12.1. The summed E-state index contributed by atoms with van der Waals surface area (Å²) >= 11 is 4.86. The van der Waals surface area contributed by atoms with Gasteiger partial charge in [-0.1, -0.05) is 19.1 Å². The van der Waals surface area contributed by atoms with E-state index in [-0.39, 0.29) is 18.7 Å². The Balaban J connectivity index is 2.05. The molecule has 1 heterocycles. The van der Waals surface area contributed by atoms with Crippen LogP contribution >= 0.6 is 12.2 Å². The quantitative estimate of drug-likeness (QED) is 0.801. The smallest absolute Gasteiger partial charge is 0.251 e. The third kappa shape index (κ3) is 3.35. The zero-order valence-corrected chi connectivity index (χ0v) is 11.5. The van der Waals surface area contributed by atoms with Gasteiger partial charge in [-0.05, 0) is 24.6 Å². The largest absolute Gasteiger partial charge is 0.454 e. The molecule has 0 saturated heterocycles. The molecular formula is C13H16N2O3S. The Morgan fingerprint density at radius 3 is 2.89 bits per heavy atom. The Morgan fingerprint density at radius 2 is 2.21 bits per heavy atom. The number of nitrogens with two attached hydrogens (primary N) is 1. The average Bonchev–Trinajstić information content (AvgIpc) is 2.84. The van der Waals surface area contributed by atoms with E-state index >= 15 is 0 Å². The van der Waals surface area contributed by atoms with Gasteiger partial charge in [0.25, 0.3) is 5.91 Å². The Morgan fingerprint density at radius 1 is 1.47 bits per heavy atom. The van der Waals surface area contributed by atoms with E-state index in [4.69, 9.17) is 27.4 Å². The molecule has 5 nitrogen and oxygen atoms in total. The summed E-state index contributed by atoms with van der Waals surface area (Å²) in [5.41, 5.74) is 6.03. The van der Waals surface area contributed by atoms with Crippen LogP contribution in [0, 0.1) is 0 Å². The van der Waals surface area contributed by atoms with Gasteiger partial charge in [-0.3, -0.25) is 4.79 Å². The molecule has 0 bridgehead atoms. The van der Waals surface area contributed by atoms with E-state index in [1.165, 1.54) is 0 Å². The van der Waals surface area contributed by atoms with E-state index in [1.807, 2.05) is 6.92 Å². The topological polar surface area (TPSA) is 73.6 Å². The Bertz CT molecular complexity index is 505. The average molecular weight is 280 g/mol. The second-order valence-electron chi connectivity index (χ2n) is 4.32. The fourth-order valence-electron chi connectivity index (χ4n) is 1.85. The zero-order chi connectivity index (χ0) is 13.8. The predicted octanol–water partition coefficient (Wildman–Crippen LogP) is 1.60. The molecule has 0 saturated carbocycles. The van der Waals surface area contributed by atoms with Crippen molar-refractivity contribution in [2.45, 2.75) is 25.8 Å². The van der Waals surface area contributed by atoms with Crippen molar-refractivity contribution in [1.82, 2.24) is 5.32 Å². The zero-order valence-electron chi connectivity index (χ0n) is 10.6. The standard InChI is InChI=1S/C13H16N2O3S/c1-2-9(6-12(14)19)15-13(16)8-3-4-10-11(5-8)18-7-17-10/h3-5,9H,2,6-7H2,1H3,(H2,14,19)(H,15,16). The van der Waals surface area contributed by atoms with E-state index in [0.29, 0.717) is 28.5 Å². The molecule has 0 aliphatic carbocycles. The van der Waals surface area contributed by atoms with Crippen molar-refractivity contribution in [2.24, 2.45) is 5.73 Å². The molecule has 1 aromatic rings. The molecule has 1 unspecified atom stereocenters. The molecule has 1 atom stereocenters. The maximum atomic E-state index is 12.1. The van der Waals surface area contributed by atoms with E-state index in [0.717, 1.165) is 6.42 Å². The van der Waals surface area contributed by atoms with Gasteiger partial charge in [0.15, 0.2) is 11.5 Å². The van der Waals surface area contributed by atoms with Crippen LogP contribution in [0.25, 0.3) is 0 Å². The normalized spacial score (nSPS) is 13.9. The van der Waals surface area contributed by atoms with E-state index in [1.54, 1.807) is 18.2 Å². The summed E-state index contributed by atoms with van der Waals surface area (Å²) in [4.78, 5) is 12.5. The fraction of sp³-hybridized carbons (Fsp3) is 0.385. The number of rotatable bonds is 5. The first-order valence-electron chi connectivity index (χ1n) is 6.09. The van der Waals surface area contributed by atoms with Crippen molar-refractivity contribution in [3.05, 3.63) is 23.8 Å². The molecular weight excluding hydrogens is 264 g/mol. The van der Waals surface area contributed by atoms with Crippen LogP contribution in [0.3, 0.4) is 0 Å². The van der Waals surface area contributed by atoms with Crippen molar-refractivity contribution in [2.75, 3.05) is 6.79 Å². The SMILES string of the molecule is CCC(CC(N)=S)NC(=O)c1ccc2c(c1)OCO2. The minimum Gasteiger partial charge on any atom is -0.454 e. The molecule has 2 rings (SSSR count). The molecule has 0 radical (unpaired) electrons. The molecule has 0 spiro atoms. The lowest BCUT2D eigenvalue weighted by molar-refractivity contribution is 0.0936. The van der Waals surface area contributed by atoms with Gasteiger partial charge in [0.1, 0.15) is 0 Å². The molecule has 0 aromatic heterocycles. The lowest BCUT2D eigenvalue weighted by Crippen LogP contribution is -2.37. The van der Waals surface area contributed by atoms with E-state index < -0.39 is 0 Å². The van der Waals surface area contributed by atoms with Crippen LogP contribution in [0.15, 0.2) is 18.2 Å². The Kier molecular flexibility index (Phi) is 4.21. The van der Waals surface area contributed by atoms with Gasteiger partial charge in [-0.15, -0.1) is 0 Å². The molecule has 1 amide bonds. The Hall–Kier alpha value is -1.82. The summed E-state index contributed by atoms with van der Waals surface area (Å²) in [5.74, 6) is 1.09. The molecule has 0 fully saturated rings. The summed E-state index contributed by atoms with van der Waals surface area (Å²) in [7, 11) is 0. The number of amides is 1. The third-order valence-electron chi connectivity index (χ3n) is 2.91. The molecule has 6 heteroatoms. The lowest BCUT2D eigenvalue weighted by atomic mass is 10.1. The van der Waals surface area contributed by atoms with Gasteiger partial charge >= 0.3 is 0 Å². The minimum atomic E-state index is -0.165. The van der Waals surface area contributed by atoms with Gasteiger partial charge in [-0.2, -0.15) is 0 Å². The van der Waals surface area contributed by atoms with Gasteiger partial charge in [0, 0.05) is 18.0 Å². The first kappa shape index (κ1) is 13.6. The maximum Gasteiger partial charge on any atom is 0.251 e. The summed E-state index contributed by atoms with van der Waals surface area (Å²) in [5, 5.41) is 2.90. The molecule has 1 aromatic carbocycles. The first-order chi connectivity index (χ1) is 9.10. The number of thiocarbonyl (C=S) groups is 1. The molecule has 19 heavy (non-hydrogen) atoms. The van der Waals surface area contributed by atoms with Gasteiger partial charge in [0.05, 0.1) is 4.99 Å². The lowest BCUT2D eigenvalue weighted by Gasteiger charge is -2.16. The minimum absolute atomic E-state index is 0.0459. The summed E-state index contributed by atoms with van der Waals surface area (Å²) in [6.07, 6.45) is 1.27. The Labute approximate surface area is 117 Å². The van der Waals surface area contributed by atoms with Crippen LogP contribution in [-0.4, -0.2) is 23.7 Å². The number of nitrogens with one attached hydrogen (secondary N) is 1. The highest BCUT2D eigenvalue weighted by Crippen LogP contribution is 2.32. The molecule has 1 aliphatic heterocycles. The van der Waals surface area contributed by atoms with Crippen LogP contribution in [0.4, 0.5) is 0 Å². The highest BCUT2D eigenvalue weighted by molar-refractivity contribution is 7.80. The molecule has 3 N–H and O–H groups in total. The number of carbonyl (C=O) groups excluding carboxylic acids is 1. The van der Waals surface area contributed by atoms with Crippen LogP contribution in [0.2, 0.25) is 0 Å². The summed E-state index contributed by atoms with van der Waals surface area (Å²) in [6.45, 7) is 2.17.